The Balaban J connectivity index is 1.60. The molecule has 1 amide bonds. The molecule has 0 saturated heterocycles. The molecule has 0 aliphatic heterocycles. The number of benzene rings is 1. The van der Waals surface area contributed by atoms with Gasteiger partial charge in [0.15, 0.2) is 10.8 Å². The third-order valence-electron chi connectivity index (χ3n) is 5.12. The van der Waals surface area contributed by atoms with E-state index in [2.05, 4.69) is 20.1 Å². The number of amides is 1. The Hall–Kier alpha value is -3.31. The fraction of sp³-hybridized carbons (Fsp3) is 0.304. The molecule has 0 spiro atoms. The highest BCUT2D eigenvalue weighted by atomic mass is 32.2. The van der Waals surface area contributed by atoms with Gasteiger partial charge in [-0.1, -0.05) is 26.0 Å². The van der Waals surface area contributed by atoms with E-state index in [-0.39, 0.29) is 17.9 Å². The van der Waals surface area contributed by atoms with Crippen LogP contribution in [0, 0.1) is 0 Å². The fourth-order valence-electron chi connectivity index (χ4n) is 3.45. The average Bonchev–Trinajstić information content (AvgIpc) is 3.39. The minimum absolute atomic E-state index is 0.115. The van der Waals surface area contributed by atoms with Crippen LogP contribution in [0.15, 0.2) is 41.9 Å². The molecule has 178 valence electrons. The molecule has 3 heterocycles. The van der Waals surface area contributed by atoms with Crippen molar-refractivity contribution in [3.63, 3.8) is 0 Å². The van der Waals surface area contributed by atoms with Crippen LogP contribution < -0.4 is 10.0 Å². The van der Waals surface area contributed by atoms with Gasteiger partial charge < -0.3 is 0 Å². The van der Waals surface area contributed by atoms with E-state index in [9.17, 15) is 13.2 Å². The van der Waals surface area contributed by atoms with Gasteiger partial charge in [0.2, 0.25) is 10.0 Å². The molecule has 4 aromatic rings. The molecule has 9 nitrogen and oxygen atoms in total. The molecule has 0 unspecified atom stereocenters. The monoisotopic (exact) mass is 498 g/mol. The third kappa shape index (κ3) is 5.10. The van der Waals surface area contributed by atoms with Crippen molar-refractivity contribution in [2.45, 2.75) is 39.7 Å². The molecule has 0 saturated carbocycles. The van der Waals surface area contributed by atoms with Crippen LogP contribution in [0.4, 0.5) is 10.8 Å². The Bertz CT molecular complexity index is 1450. The number of fused-ring (bicyclic) bond motifs is 1. The second-order valence-corrected chi connectivity index (χ2v) is 11.2. The molecule has 0 bridgehead atoms. The first-order chi connectivity index (χ1) is 16.0. The highest BCUT2D eigenvalue weighted by Crippen LogP contribution is 2.28. The lowest BCUT2D eigenvalue weighted by Gasteiger charge is -2.12. The van der Waals surface area contributed by atoms with Crippen molar-refractivity contribution < 1.29 is 13.2 Å². The zero-order valence-electron chi connectivity index (χ0n) is 19.5. The summed E-state index contributed by atoms with van der Waals surface area (Å²) in [7, 11) is -3.34. The zero-order valence-corrected chi connectivity index (χ0v) is 21.2. The Morgan fingerprint density at radius 1 is 1.09 bits per heavy atom. The largest absolute Gasteiger partial charge is 0.298 e. The van der Waals surface area contributed by atoms with E-state index in [4.69, 9.17) is 4.98 Å². The van der Waals surface area contributed by atoms with Gasteiger partial charge in [-0.25, -0.2) is 23.1 Å². The SMILES string of the molecule is CC(C)c1cc(C(=O)Nc2nc(-c3ccc(NS(C)(=O)=O)cc3)cs2)c2cnn(C(C)C)c2n1. The number of hydrogen-bond acceptors (Lipinski definition) is 7. The summed E-state index contributed by atoms with van der Waals surface area (Å²) in [4.78, 5) is 22.5. The molecule has 0 aliphatic rings. The number of nitrogens with one attached hydrogen (secondary N) is 2. The summed E-state index contributed by atoms with van der Waals surface area (Å²) in [6.07, 6.45) is 2.78. The van der Waals surface area contributed by atoms with Crippen molar-refractivity contribution in [1.82, 2.24) is 19.7 Å². The highest BCUT2D eigenvalue weighted by molar-refractivity contribution is 7.92. The standard InChI is InChI=1S/C23H26N6O3S2/c1-13(2)19-10-17(18-11-24-29(14(3)4)21(18)25-19)22(30)27-23-26-20(12-33-23)15-6-8-16(9-7-15)28-34(5,31)32/h6-14,28H,1-5H3,(H,26,27,30). The van der Waals surface area contributed by atoms with Gasteiger partial charge >= 0.3 is 0 Å². The summed E-state index contributed by atoms with van der Waals surface area (Å²) in [5.74, 6) is -0.121. The lowest BCUT2D eigenvalue weighted by Crippen LogP contribution is -2.14. The van der Waals surface area contributed by atoms with E-state index in [0.717, 1.165) is 17.5 Å². The molecule has 11 heteroatoms. The van der Waals surface area contributed by atoms with Gasteiger partial charge in [0.25, 0.3) is 5.91 Å². The van der Waals surface area contributed by atoms with Gasteiger partial charge in [-0.3, -0.25) is 14.8 Å². The molecule has 0 radical (unpaired) electrons. The van der Waals surface area contributed by atoms with Gasteiger partial charge in [-0.15, -0.1) is 11.3 Å². The molecule has 0 fully saturated rings. The lowest BCUT2D eigenvalue weighted by molar-refractivity contribution is 0.102. The molecule has 0 aliphatic carbocycles. The molecule has 1 aromatic carbocycles. The molecule has 0 atom stereocenters. The zero-order chi connectivity index (χ0) is 24.6. The average molecular weight is 499 g/mol. The molecular formula is C23H26N6O3S2. The quantitative estimate of drug-likeness (QED) is 0.375. The van der Waals surface area contributed by atoms with Crippen molar-refractivity contribution in [2.24, 2.45) is 0 Å². The summed E-state index contributed by atoms with van der Waals surface area (Å²) in [6, 6.07) is 8.81. The molecule has 34 heavy (non-hydrogen) atoms. The number of aromatic nitrogens is 4. The van der Waals surface area contributed by atoms with E-state index in [1.807, 2.05) is 43.8 Å². The maximum absolute atomic E-state index is 13.2. The Morgan fingerprint density at radius 2 is 1.79 bits per heavy atom. The van der Waals surface area contributed by atoms with Crippen molar-refractivity contribution >= 4 is 49.1 Å². The number of carbonyl (C=O) groups excluding carboxylic acids is 1. The summed E-state index contributed by atoms with van der Waals surface area (Å²) in [5, 5.41) is 10.3. The van der Waals surface area contributed by atoms with E-state index in [1.165, 1.54) is 11.3 Å². The minimum atomic E-state index is -3.34. The topological polar surface area (TPSA) is 119 Å². The number of nitrogens with zero attached hydrogens (tertiary/aromatic N) is 4. The van der Waals surface area contributed by atoms with E-state index >= 15 is 0 Å². The van der Waals surface area contributed by atoms with Crippen LogP contribution in [0.25, 0.3) is 22.3 Å². The van der Waals surface area contributed by atoms with Crippen LogP contribution in [0.3, 0.4) is 0 Å². The Kier molecular flexibility index (Phi) is 6.41. The predicted molar refractivity (Wildman–Crippen MR) is 136 cm³/mol. The second-order valence-electron chi connectivity index (χ2n) is 8.61. The number of thiazole rings is 1. The number of carbonyl (C=O) groups is 1. The van der Waals surface area contributed by atoms with E-state index in [0.29, 0.717) is 33.1 Å². The van der Waals surface area contributed by atoms with Crippen LogP contribution in [-0.4, -0.2) is 40.3 Å². The first-order valence-corrected chi connectivity index (χ1v) is 13.5. The van der Waals surface area contributed by atoms with Crippen molar-refractivity contribution in [3.8, 4) is 11.3 Å². The highest BCUT2D eigenvalue weighted by Gasteiger charge is 2.20. The van der Waals surface area contributed by atoms with Gasteiger partial charge in [0.1, 0.15) is 0 Å². The van der Waals surface area contributed by atoms with Gasteiger partial charge in [0, 0.05) is 28.4 Å². The van der Waals surface area contributed by atoms with Crippen LogP contribution in [-0.2, 0) is 10.0 Å². The molecule has 3 aromatic heterocycles. The van der Waals surface area contributed by atoms with Crippen LogP contribution >= 0.6 is 11.3 Å². The number of rotatable bonds is 7. The number of hydrogen-bond donors (Lipinski definition) is 2. The summed E-state index contributed by atoms with van der Waals surface area (Å²) in [5.41, 5.74) is 3.98. The summed E-state index contributed by atoms with van der Waals surface area (Å²) < 4.78 is 27.0. The third-order valence-corrected chi connectivity index (χ3v) is 6.48. The maximum atomic E-state index is 13.2. The summed E-state index contributed by atoms with van der Waals surface area (Å²) in [6.45, 7) is 8.12. The first kappa shape index (κ1) is 23.8. The van der Waals surface area contributed by atoms with Gasteiger partial charge in [-0.05, 0) is 38.0 Å². The van der Waals surface area contributed by atoms with Gasteiger partial charge in [-0.2, -0.15) is 5.10 Å². The molecule has 2 N–H and O–H groups in total. The van der Waals surface area contributed by atoms with Gasteiger partial charge in [0.05, 0.1) is 29.1 Å². The predicted octanol–water partition coefficient (Wildman–Crippen LogP) is 4.88. The Labute approximate surface area is 202 Å². The normalized spacial score (nSPS) is 12.0. The molecular weight excluding hydrogens is 472 g/mol. The minimum Gasteiger partial charge on any atom is -0.298 e. The number of pyridine rings is 1. The van der Waals surface area contributed by atoms with Crippen LogP contribution in [0.1, 0.15) is 55.7 Å². The molecule has 4 rings (SSSR count). The van der Waals surface area contributed by atoms with Crippen molar-refractivity contribution in [1.29, 1.82) is 0 Å². The fourth-order valence-corrected chi connectivity index (χ4v) is 4.73. The second kappa shape index (κ2) is 9.15. The van der Waals surface area contributed by atoms with Crippen molar-refractivity contribution in [3.05, 3.63) is 53.2 Å². The number of sulfonamides is 1. The first-order valence-electron chi connectivity index (χ1n) is 10.7. The lowest BCUT2D eigenvalue weighted by atomic mass is 10.0. The van der Waals surface area contributed by atoms with Crippen LogP contribution in [0.5, 0.6) is 0 Å². The maximum Gasteiger partial charge on any atom is 0.258 e. The smallest absolute Gasteiger partial charge is 0.258 e. The number of anilines is 2. The Morgan fingerprint density at radius 3 is 2.41 bits per heavy atom. The van der Waals surface area contributed by atoms with Crippen LogP contribution in [0.2, 0.25) is 0 Å². The van der Waals surface area contributed by atoms with E-state index in [1.54, 1.807) is 30.5 Å². The van der Waals surface area contributed by atoms with Crippen molar-refractivity contribution in [2.75, 3.05) is 16.3 Å². The summed E-state index contributed by atoms with van der Waals surface area (Å²) >= 11 is 1.32. The van der Waals surface area contributed by atoms with E-state index < -0.39 is 10.0 Å².